The van der Waals surface area contributed by atoms with Gasteiger partial charge in [0.1, 0.15) is 0 Å². The second kappa shape index (κ2) is 3.75. The highest BCUT2D eigenvalue weighted by Gasteiger charge is 2.05. The van der Waals surface area contributed by atoms with Crippen LogP contribution in [0.25, 0.3) is 6.08 Å². The minimum Gasteiger partial charge on any atom is -0.224 e. The van der Waals surface area contributed by atoms with E-state index in [0.717, 1.165) is 5.56 Å². The van der Waals surface area contributed by atoms with Crippen LogP contribution in [0.5, 0.6) is 0 Å². The zero-order valence-electron chi connectivity index (χ0n) is 7.69. The predicted octanol–water partition coefficient (Wildman–Crippen LogP) is 2.12. The Balaban J connectivity index is 3.21. The third kappa shape index (κ3) is 2.70. The zero-order chi connectivity index (χ0) is 9.90. The van der Waals surface area contributed by atoms with Crippen molar-refractivity contribution in [2.24, 2.45) is 0 Å². The van der Waals surface area contributed by atoms with Gasteiger partial charge in [-0.2, -0.15) is 0 Å². The van der Waals surface area contributed by atoms with Crippen LogP contribution in [0.2, 0.25) is 0 Å². The molecule has 0 atom stereocenters. The van der Waals surface area contributed by atoms with Gasteiger partial charge < -0.3 is 0 Å². The van der Waals surface area contributed by atoms with E-state index in [-0.39, 0.29) is 0 Å². The molecular formula is C10H12O2S. The molecule has 0 aliphatic heterocycles. The fourth-order valence-electron chi connectivity index (χ4n) is 1.04. The van der Waals surface area contributed by atoms with Gasteiger partial charge in [0, 0.05) is 6.26 Å². The van der Waals surface area contributed by atoms with Crippen LogP contribution >= 0.6 is 0 Å². The summed E-state index contributed by atoms with van der Waals surface area (Å²) in [6.07, 6.45) is 4.96. The van der Waals surface area contributed by atoms with E-state index in [4.69, 9.17) is 0 Å². The molecule has 0 spiro atoms. The van der Waals surface area contributed by atoms with E-state index in [1.54, 1.807) is 18.2 Å². The molecule has 0 fully saturated rings. The summed E-state index contributed by atoms with van der Waals surface area (Å²) < 4.78 is 22.3. The lowest BCUT2D eigenvalue weighted by atomic mass is 10.2. The van der Waals surface area contributed by atoms with Gasteiger partial charge in [0.25, 0.3) is 0 Å². The van der Waals surface area contributed by atoms with Gasteiger partial charge in [0.15, 0.2) is 9.84 Å². The van der Waals surface area contributed by atoms with Crippen LogP contribution < -0.4 is 0 Å². The van der Waals surface area contributed by atoms with Gasteiger partial charge in [-0.05, 0) is 24.6 Å². The Morgan fingerprint density at radius 2 is 2.00 bits per heavy atom. The van der Waals surface area contributed by atoms with Crippen LogP contribution in [0, 0.1) is 0 Å². The van der Waals surface area contributed by atoms with Crippen molar-refractivity contribution in [1.29, 1.82) is 0 Å². The first-order valence-corrected chi connectivity index (χ1v) is 5.86. The molecule has 0 aromatic heterocycles. The van der Waals surface area contributed by atoms with E-state index < -0.39 is 9.84 Å². The first kappa shape index (κ1) is 9.99. The molecule has 0 amide bonds. The van der Waals surface area contributed by atoms with Crippen LogP contribution in [0.3, 0.4) is 0 Å². The van der Waals surface area contributed by atoms with E-state index in [1.807, 2.05) is 25.1 Å². The minimum atomic E-state index is -3.08. The Morgan fingerprint density at radius 1 is 1.31 bits per heavy atom. The second-order valence-electron chi connectivity index (χ2n) is 2.84. The van der Waals surface area contributed by atoms with Gasteiger partial charge in [0.2, 0.25) is 0 Å². The first-order valence-electron chi connectivity index (χ1n) is 3.97. The average molecular weight is 196 g/mol. The number of rotatable bonds is 2. The molecule has 0 radical (unpaired) electrons. The average Bonchev–Trinajstić information content (AvgIpc) is 2.04. The van der Waals surface area contributed by atoms with Crippen molar-refractivity contribution < 1.29 is 8.42 Å². The van der Waals surface area contributed by atoms with Gasteiger partial charge in [0.05, 0.1) is 4.90 Å². The van der Waals surface area contributed by atoms with Crippen molar-refractivity contribution in [3.05, 3.63) is 35.9 Å². The number of sulfone groups is 1. The number of hydrogen-bond donors (Lipinski definition) is 0. The molecule has 0 aliphatic rings. The van der Waals surface area contributed by atoms with E-state index >= 15 is 0 Å². The van der Waals surface area contributed by atoms with E-state index in [0.29, 0.717) is 4.90 Å². The minimum absolute atomic E-state index is 0.364. The fraction of sp³-hybridized carbons (Fsp3) is 0.200. The summed E-state index contributed by atoms with van der Waals surface area (Å²) in [5.74, 6) is 0. The third-order valence-electron chi connectivity index (χ3n) is 1.65. The van der Waals surface area contributed by atoms with Gasteiger partial charge in [-0.3, -0.25) is 0 Å². The first-order chi connectivity index (χ1) is 6.04. The predicted molar refractivity (Wildman–Crippen MR) is 54.3 cm³/mol. The molecule has 0 heterocycles. The summed E-state index contributed by atoms with van der Waals surface area (Å²) in [6.45, 7) is 1.90. The second-order valence-corrected chi connectivity index (χ2v) is 4.86. The summed E-state index contributed by atoms with van der Waals surface area (Å²) in [4.78, 5) is 0.364. The maximum absolute atomic E-state index is 11.2. The third-order valence-corrected chi connectivity index (χ3v) is 2.76. The SMILES string of the molecule is C/C=C/c1cccc(S(C)(=O)=O)c1. The maximum Gasteiger partial charge on any atom is 0.175 e. The summed E-state index contributed by atoms with van der Waals surface area (Å²) in [6, 6.07) is 6.87. The Hall–Kier alpha value is -1.09. The number of benzene rings is 1. The van der Waals surface area contributed by atoms with E-state index in [1.165, 1.54) is 6.26 Å². The largest absolute Gasteiger partial charge is 0.224 e. The zero-order valence-corrected chi connectivity index (χ0v) is 8.51. The molecular weight excluding hydrogens is 184 g/mol. The molecule has 2 nitrogen and oxygen atoms in total. The van der Waals surface area contributed by atoms with E-state index in [9.17, 15) is 8.42 Å². The molecule has 1 aromatic carbocycles. The van der Waals surface area contributed by atoms with Gasteiger partial charge in [-0.1, -0.05) is 24.3 Å². The Bertz CT molecular complexity index is 416. The van der Waals surface area contributed by atoms with Crippen LogP contribution in [0.15, 0.2) is 35.2 Å². The molecule has 0 aliphatic carbocycles. The summed E-state index contributed by atoms with van der Waals surface area (Å²) in [7, 11) is -3.08. The lowest BCUT2D eigenvalue weighted by Gasteiger charge is -1.98. The summed E-state index contributed by atoms with van der Waals surface area (Å²) >= 11 is 0. The lowest BCUT2D eigenvalue weighted by Crippen LogP contribution is -1.96. The van der Waals surface area contributed by atoms with Crippen molar-refractivity contribution in [2.75, 3.05) is 6.26 Å². The fourth-order valence-corrected chi connectivity index (χ4v) is 1.72. The van der Waals surface area contributed by atoms with Crippen molar-refractivity contribution in [1.82, 2.24) is 0 Å². The highest BCUT2D eigenvalue weighted by Crippen LogP contribution is 2.12. The Morgan fingerprint density at radius 3 is 2.54 bits per heavy atom. The maximum atomic E-state index is 11.2. The molecule has 0 saturated carbocycles. The smallest absolute Gasteiger partial charge is 0.175 e. The Kier molecular flexibility index (Phi) is 2.88. The Labute approximate surface area is 78.8 Å². The van der Waals surface area contributed by atoms with Crippen molar-refractivity contribution in [3.8, 4) is 0 Å². The van der Waals surface area contributed by atoms with Gasteiger partial charge in [-0.15, -0.1) is 0 Å². The molecule has 0 N–H and O–H groups in total. The summed E-state index contributed by atoms with van der Waals surface area (Å²) in [5.41, 5.74) is 0.908. The van der Waals surface area contributed by atoms with Crippen molar-refractivity contribution >= 4 is 15.9 Å². The van der Waals surface area contributed by atoms with Gasteiger partial charge >= 0.3 is 0 Å². The quantitative estimate of drug-likeness (QED) is 0.726. The van der Waals surface area contributed by atoms with Gasteiger partial charge in [-0.25, -0.2) is 8.42 Å². The molecule has 3 heteroatoms. The van der Waals surface area contributed by atoms with Crippen LogP contribution in [0.1, 0.15) is 12.5 Å². The normalized spacial score (nSPS) is 12.2. The highest BCUT2D eigenvalue weighted by atomic mass is 32.2. The van der Waals surface area contributed by atoms with Crippen LogP contribution in [0.4, 0.5) is 0 Å². The lowest BCUT2D eigenvalue weighted by molar-refractivity contribution is 0.602. The standard InChI is InChI=1S/C10H12O2S/c1-3-5-9-6-4-7-10(8-9)13(2,11)12/h3-8H,1-2H3/b5-3+. The van der Waals surface area contributed by atoms with Crippen molar-refractivity contribution in [2.45, 2.75) is 11.8 Å². The summed E-state index contributed by atoms with van der Waals surface area (Å²) in [5, 5.41) is 0. The molecule has 0 saturated heterocycles. The number of hydrogen-bond acceptors (Lipinski definition) is 2. The topological polar surface area (TPSA) is 34.1 Å². The molecule has 0 bridgehead atoms. The van der Waals surface area contributed by atoms with E-state index in [2.05, 4.69) is 0 Å². The van der Waals surface area contributed by atoms with Crippen molar-refractivity contribution in [3.63, 3.8) is 0 Å². The number of allylic oxidation sites excluding steroid dienone is 1. The molecule has 0 unspecified atom stereocenters. The monoisotopic (exact) mass is 196 g/mol. The van der Waals surface area contributed by atoms with Crippen LogP contribution in [-0.4, -0.2) is 14.7 Å². The highest BCUT2D eigenvalue weighted by molar-refractivity contribution is 7.90. The van der Waals surface area contributed by atoms with Crippen LogP contribution in [-0.2, 0) is 9.84 Å². The molecule has 13 heavy (non-hydrogen) atoms. The molecule has 1 aromatic rings. The molecule has 1 rings (SSSR count). The molecule has 70 valence electrons.